The van der Waals surface area contributed by atoms with Crippen LogP contribution in [0.3, 0.4) is 0 Å². The molecule has 0 spiro atoms. The van der Waals surface area contributed by atoms with Crippen LogP contribution < -0.4 is 5.32 Å². The Morgan fingerprint density at radius 3 is 1.96 bits per heavy atom. The summed E-state index contributed by atoms with van der Waals surface area (Å²) in [5.74, 6) is 0.638. The van der Waals surface area contributed by atoms with Crippen LogP contribution in [0.2, 0.25) is 10.0 Å². The molecule has 0 bridgehead atoms. The predicted molar refractivity (Wildman–Crippen MR) is 105 cm³/mol. The summed E-state index contributed by atoms with van der Waals surface area (Å²) in [5, 5.41) is 14.9. The van der Waals surface area contributed by atoms with Crippen molar-refractivity contribution in [2.24, 2.45) is 0 Å². The van der Waals surface area contributed by atoms with E-state index >= 15 is 0 Å². The summed E-state index contributed by atoms with van der Waals surface area (Å²) in [7, 11) is 0. The maximum absolute atomic E-state index is 6.26. The zero-order chi connectivity index (χ0) is 17.2. The first-order valence-corrected chi connectivity index (χ1v) is 8.51. The Bertz CT molecular complexity index is 1030. The maximum Gasteiger partial charge on any atom is 0.161 e. The first-order chi connectivity index (χ1) is 12.2. The van der Waals surface area contributed by atoms with Crippen molar-refractivity contribution in [1.29, 1.82) is 0 Å². The highest BCUT2D eigenvalue weighted by atomic mass is 35.5. The molecule has 1 aromatic heterocycles. The third-order valence-corrected chi connectivity index (χ3v) is 4.63. The van der Waals surface area contributed by atoms with Gasteiger partial charge in [-0.2, -0.15) is 0 Å². The Morgan fingerprint density at radius 2 is 1.28 bits per heavy atom. The van der Waals surface area contributed by atoms with Crippen molar-refractivity contribution in [2.75, 3.05) is 5.32 Å². The summed E-state index contributed by atoms with van der Waals surface area (Å²) in [5.41, 5.74) is 2.68. The molecule has 25 heavy (non-hydrogen) atoms. The molecule has 3 nitrogen and oxygen atoms in total. The lowest BCUT2D eigenvalue weighted by Crippen LogP contribution is -1.99. The minimum Gasteiger partial charge on any atom is -0.338 e. The molecule has 0 radical (unpaired) electrons. The fourth-order valence-electron chi connectivity index (χ4n) is 2.71. The number of aromatic nitrogens is 2. The van der Waals surface area contributed by atoms with Crippen molar-refractivity contribution >= 4 is 45.5 Å². The second-order valence-corrected chi connectivity index (χ2v) is 6.38. The van der Waals surface area contributed by atoms with Crippen LogP contribution >= 0.6 is 23.2 Å². The first-order valence-electron chi connectivity index (χ1n) is 7.75. The molecule has 122 valence electrons. The number of nitrogens with one attached hydrogen (secondary N) is 1. The molecule has 4 rings (SSSR count). The molecule has 3 aromatic carbocycles. The molecule has 1 N–H and O–H groups in total. The van der Waals surface area contributed by atoms with Gasteiger partial charge in [-0.05, 0) is 24.3 Å². The van der Waals surface area contributed by atoms with E-state index < -0.39 is 0 Å². The fraction of sp³-hybridized carbons (Fsp3) is 0. The summed E-state index contributed by atoms with van der Waals surface area (Å²) < 4.78 is 0. The van der Waals surface area contributed by atoms with Gasteiger partial charge in [0.05, 0.1) is 10.0 Å². The molecule has 0 aliphatic carbocycles. The standard InChI is InChI=1S/C20H13Cl2N3/c21-17-11-15-16(12-18(17)22)20(23-14-9-5-2-6-10-14)25-24-19(15)13-7-3-1-4-8-13/h1-12H,(H,23,25). The van der Waals surface area contributed by atoms with E-state index in [1.807, 2.05) is 72.8 Å². The van der Waals surface area contributed by atoms with Gasteiger partial charge >= 0.3 is 0 Å². The lowest BCUT2D eigenvalue weighted by atomic mass is 10.0. The van der Waals surface area contributed by atoms with Crippen molar-refractivity contribution in [3.05, 3.63) is 82.8 Å². The summed E-state index contributed by atoms with van der Waals surface area (Å²) in [6.45, 7) is 0. The van der Waals surface area contributed by atoms with Gasteiger partial charge in [-0.3, -0.25) is 0 Å². The topological polar surface area (TPSA) is 37.8 Å². The van der Waals surface area contributed by atoms with E-state index in [1.165, 1.54) is 0 Å². The monoisotopic (exact) mass is 365 g/mol. The fourth-order valence-corrected chi connectivity index (χ4v) is 3.03. The second kappa shape index (κ2) is 6.71. The number of hydrogen-bond donors (Lipinski definition) is 1. The number of halogens is 2. The maximum atomic E-state index is 6.26. The zero-order valence-electron chi connectivity index (χ0n) is 13.1. The molecule has 0 amide bonds. The number of hydrogen-bond acceptors (Lipinski definition) is 3. The average molecular weight is 366 g/mol. The number of fused-ring (bicyclic) bond motifs is 1. The normalized spacial score (nSPS) is 10.8. The molecule has 0 unspecified atom stereocenters. The van der Waals surface area contributed by atoms with Gasteiger partial charge in [0.25, 0.3) is 0 Å². The Morgan fingerprint density at radius 1 is 0.680 bits per heavy atom. The first kappa shape index (κ1) is 15.9. The second-order valence-electron chi connectivity index (χ2n) is 5.57. The SMILES string of the molecule is Clc1cc2c(Nc3ccccc3)nnc(-c3ccccc3)c2cc1Cl. The minimum absolute atomic E-state index is 0.484. The smallest absolute Gasteiger partial charge is 0.161 e. The molecule has 0 aliphatic heterocycles. The van der Waals surface area contributed by atoms with Crippen molar-refractivity contribution in [2.45, 2.75) is 0 Å². The van der Waals surface area contributed by atoms with Crippen LogP contribution in [0.15, 0.2) is 72.8 Å². The number of benzene rings is 3. The van der Waals surface area contributed by atoms with E-state index in [0.29, 0.717) is 15.9 Å². The molecule has 1 heterocycles. The Kier molecular flexibility index (Phi) is 4.26. The molecule has 0 saturated carbocycles. The van der Waals surface area contributed by atoms with Crippen molar-refractivity contribution in [1.82, 2.24) is 10.2 Å². The molecule has 0 fully saturated rings. The number of nitrogens with zero attached hydrogens (tertiary/aromatic N) is 2. The number of anilines is 2. The molecule has 0 atom stereocenters. The van der Waals surface area contributed by atoms with E-state index in [0.717, 1.165) is 27.7 Å². The molecular formula is C20H13Cl2N3. The quantitative estimate of drug-likeness (QED) is 0.459. The highest BCUT2D eigenvalue weighted by Gasteiger charge is 2.14. The molecule has 4 aromatic rings. The van der Waals surface area contributed by atoms with Crippen LogP contribution in [0.5, 0.6) is 0 Å². The number of para-hydroxylation sites is 1. The van der Waals surface area contributed by atoms with Gasteiger partial charge in [0.15, 0.2) is 5.82 Å². The van der Waals surface area contributed by atoms with Crippen LogP contribution in [0.1, 0.15) is 0 Å². The largest absolute Gasteiger partial charge is 0.338 e. The van der Waals surface area contributed by atoms with Gasteiger partial charge in [-0.15, -0.1) is 10.2 Å². The van der Waals surface area contributed by atoms with Crippen LogP contribution in [0.25, 0.3) is 22.0 Å². The van der Waals surface area contributed by atoms with E-state index in [2.05, 4.69) is 15.5 Å². The van der Waals surface area contributed by atoms with Crippen LogP contribution in [-0.4, -0.2) is 10.2 Å². The van der Waals surface area contributed by atoms with Crippen LogP contribution in [-0.2, 0) is 0 Å². The van der Waals surface area contributed by atoms with E-state index in [-0.39, 0.29) is 0 Å². The van der Waals surface area contributed by atoms with Gasteiger partial charge in [0.1, 0.15) is 5.69 Å². The third kappa shape index (κ3) is 3.16. The van der Waals surface area contributed by atoms with Gasteiger partial charge < -0.3 is 5.32 Å². The van der Waals surface area contributed by atoms with Gasteiger partial charge in [0, 0.05) is 22.0 Å². The summed E-state index contributed by atoms with van der Waals surface area (Å²) in [4.78, 5) is 0. The van der Waals surface area contributed by atoms with E-state index in [1.54, 1.807) is 0 Å². The van der Waals surface area contributed by atoms with Crippen molar-refractivity contribution in [3.8, 4) is 11.3 Å². The predicted octanol–water partition coefficient (Wildman–Crippen LogP) is 6.35. The van der Waals surface area contributed by atoms with Crippen LogP contribution in [0, 0.1) is 0 Å². The van der Waals surface area contributed by atoms with Crippen LogP contribution in [0.4, 0.5) is 11.5 Å². The lowest BCUT2D eigenvalue weighted by molar-refractivity contribution is 1.06. The van der Waals surface area contributed by atoms with Gasteiger partial charge in [-0.1, -0.05) is 71.7 Å². The Balaban J connectivity index is 1.93. The van der Waals surface area contributed by atoms with Crippen molar-refractivity contribution < 1.29 is 0 Å². The molecule has 0 saturated heterocycles. The summed E-state index contributed by atoms with van der Waals surface area (Å²) in [6, 6.07) is 23.4. The average Bonchev–Trinajstić information content (AvgIpc) is 2.65. The van der Waals surface area contributed by atoms with E-state index in [9.17, 15) is 0 Å². The Labute approximate surface area is 155 Å². The van der Waals surface area contributed by atoms with Gasteiger partial charge in [-0.25, -0.2) is 0 Å². The Hall–Kier alpha value is -2.62. The van der Waals surface area contributed by atoms with Gasteiger partial charge in [0.2, 0.25) is 0 Å². The summed E-state index contributed by atoms with van der Waals surface area (Å²) in [6.07, 6.45) is 0. The van der Waals surface area contributed by atoms with Crippen molar-refractivity contribution in [3.63, 3.8) is 0 Å². The molecular weight excluding hydrogens is 353 g/mol. The van der Waals surface area contributed by atoms with E-state index in [4.69, 9.17) is 23.2 Å². The molecule has 5 heteroatoms. The third-order valence-electron chi connectivity index (χ3n) is 3.90. The number of rotatable bonds is 3. The minimum atomic E-state index is 0.484. The highest BCUT2D eigenvalue weighted by Crippen LogP contribution is 2.36. The lowest BCUT2D eigenvalue weighted by Gasteiger charge is -2.12. The zero-order valence-corrected chi connectivity index (χ0v) is 14.6. The highest BCUT2D eigenvalue weighted by molar-refractivity contribution is 6.43. The molecule has 0 aliphatic rings. The summed E-state index contributed by atoms with van der Waals surface area (Å²) >= 11 is 12.5.